The number of nitrogens with one attached hydrogen (secondary N) is 2. The minimum Gasteiger partial charge on any atom is -0.449 e. The number of alkyl halides is 2. The molecule has 0 saturated heterocycles. The van der Waals surface area contributed by atoms with Crippen molar-refractivity contribution in [1.29, 1.82) is 0 Å². The van der Waals surface area contributed by atoms with Gasteiger partial charge in [0.15, 0.2) is 6.10 Å². The fourth-order valence-electron chi connectivity index (χ4n) is 1.88. The van der Waals surface area contributed by atoms with Crippen molar-refractivity contribution in [2.45, 2.75) is 23.8 Å². The number of nitrogens with zero attached hydrogens (tertiary/aromatic N) is 1. The van der Waals surface area contributed by atoms with Crippen LogP contribution in [0.3, 0.4) is 0 Å². The molecule has 0 spiro atoms. The minimum atomic E-state index is -2.76. The smallest absolute Gasteiger partial charge is 0.341 e. The van der Waals surface area contributed by atoms with E-state index in [1.165, 1.54) is 25.3 Å². The Kier molecular flexibility index (Phi) is 7.24. The van der Waals surface area contributed by atoms with Gasteiger partial charge in [-0.2, -0.15) is 8.78 Å². The van der Waals surface area contributed by atoms with E-state index in [0.717, 1.165) is 0 Å². The average Bonchev–Trinajstić information content (AvgIpc) is 2.66. The van der Waals surface area contributed by atoms with E-state index in [1.54, 1.807) is 30.3 Å². The predicted molar refractivity (Wildman–Crippen MR) is 93.0 cm³/mol. The SMILES string of the molecule is C[C@H](OC(=O)c1cccnc1SC(F)F)C(=O)NNC(=O)c1ccccc1. The number of rotatable bonds is 6. The Labute approximate surface area is 157 Å². The maximum atomic E-state index is 12.5. The number of halogens is 2. The number of thioether (sulfide) groups is 1. The lowest BCUT2D eigenvalue weighted by molar-refractivity contribution is -0.129. The summed E-state index contributed by atoms with van der Waals surface area (Å²) in [6.45, 7) is 1.28. The molecule has 0 fully saturated rings. The number of esters is 1. The number of pyridine rings is 1. The highest BCUT2D eigenvalue weighted by atomic mass is 32.2. The molecule has 10 heteroatoms. The lowest BCUT2D eigenvalue weighted by Gasteiger charge is -2.15. The van der Waals surface area contributed by atoms with Crippen LogP contribution in [0.1, 0.15) is 27.6 Å². The number of ether oxygens (including phenoxy) is 1. The van der Waals surface area contributed by atoms with Gasteiger partial charge in [0, 0.05) is 11.8 Å². The standard InChI is InChI=1S/C17H15F2N3O4S/c1-10(13(23)21-22-14(24)11-6-3-2-4-7-11)26-16(25)12-8-5-9-20-15(12)27-17(18)19/h2-10,17H,1H3,(H,21,23)(H,22,24)/t10-/m0/s1. The van der Waals surface area contributed by atoms with Gasteiger partial charge < -0.3 is 4.74 Å². The molecule has 0 aliphatic rings. The van der Waals surface area contributed by atoms with Crippen molar-refractivity contribution in [3.05, 3.63) is 59.8 Å². The molecule has 1 heterocycles. The normalized spacial score (nSPS) is 11.6. The Morgan fingerprint density at radius 3 is 2.44 bits per heavy atom. The van der Waals surface area contributed by atoms with Gasteiger partial charge in [-0.3, -0.25) is 20.4 Å². The predicted octanol–water partition coefficient (Wildman–Crippen LogP) is 2.40. The maximum Gasteiger partial charge on any atom is 0.341 e. The summed E-state index contributed by atoms with van der Waals surface area (Å²) in [5, 5.41) is -0.206. The summed E-state index contributed by atoms with van der Waals surface area (Å²) in [7, 11) is 0. The van der Waals surface area contributed by atoms with Crippen molar-refractivity contribution < 1.29 is 27.9 Å². The average molecular weight is 395 g/mol. The molecule has 0 unspecified atom stereocenters. The number of amides is 2. The van der Waals surface area contributed by atoms with Gasteiger partial charge in [0.2, 0.25) is 0 Å². The van der Waals surface area contributed by atoms with Gasteiger partial charge in [0.25, 0.3) is 17.6 Å². The Balaban J connectivity index is 1.92. The third-order valence-electron chi connectivity index (χ3n) is 3.18. The third-order valence-corrected chi connectivity index (χ3v) is 3.91. The van der Waals surface area contributed by atoms with Gasteiger partial charge in [-0.05, 0) is 43.0 Å². The second-order valence-corrected chi connectivity index (χ2v) is 6.07. The van der Waals surface area contributed by atoms with Crippen LogP contribution in [0.15, 0.2) is 53.7 Å². The lowest BCUT2D eigenvalue weighted by atomic mass is 10.2. The Hall–Kier alpha value is -3.01. The zero-order chi connectivity index (χ0) is 19.8. The topological polar surface area (TPSA) is 97.4 Å². The van der Waals surface area contributed by atoms with Gasteiger partial charge in [-0.15, -0.1) is 0 Å². The number of hydrazine groups is 1. The zero-order valence-corrected chi connectivity index (χ0v) is 14.8. The van der Waals surface area contributed by atoms with Crippen LogP contribution in [0.25, 0.3) is 0 Å². The molecule has 2 aromatic rings. The summed E-state index contributed by atoms with van der Waals surface area (Å²) >= 11 is 0.0978. The van der Waals surface area contributed by atoms with E-state index in [4.69, 9.17) is 4.74 Å². The van der Waals surface area contributed by atoms with Crippen LogP contribution in [0.5, 0.6) is 0 Å². The third kappa shape index (κ3) is 6.03. The van der Waals surface area contributed by atoms with E-state index < -0.39 is 29.6 Å². The first-order valence-corrected chi connectivity index (χ1v) is 8.52. The van der Waals surface area contributed by atoms with Crippen molar-refractivity contribution in [3.63, 3.8) is 0 Å². The molecule has 0 saturated carbocycles. The molecular formula is C17H15F2N3O4S. The minimum absolute atomic E-state index is 0.0978. The van der Waals surface area contributed by atoms with Crippen LogP contribution in [-0.4, -0.2) is 34.6 Å². The van der Waals surface area contributed by atoms with Gasteiger partial charge in [0.1, 0.15) is 5.03 Å². The van der Waals surface area contributed by atoms with Crippen LogP contribution in [0, 0.1) is 0 Å². The Morgan fingerprint density at radius 1 is 1.07 bits per heavy atom. The maximum absolute atomic E-state index is 12.5. The van der Waals surface area contributed by atoms with Crippen molar-refractivity contribution in [3.8, 4) is 0 Å². The Bertz CT molecular complexity index is 821. The summed E-state index contributed by atoms with van der Waals surface area (Å²) in [6.07, 6.45) is -0.0188. The molecular weight excluding hydrogens is 380 g/mol. The van der Waals surface area contributed by atoms with Crippen LogP contribution in [0.4, 0.5) is 8.78 Å². The summed E-state index contributed by atoms with van der Waals surface area (Å²) in [6, 6.07) is 10.8. The van der Waals surface area contributed by atoms with Gasteiger partial charge in [0.05, 0.1) is 5.56 Å². The van der Waals surface area contributed by atoms with Crippen LogP contribution < -0.4 is 10.9 Å². The highest BCUT2D eigenvalue weighted by Crippen LogP contribution is 2.26. The van der Waals surface area contributed by atoms with Gasteiger partial charge >= 0.3 is 5.97 Å². The van der Waals surface area contributed by atoms with E-state index >= 15 is 0 Å². The van der Waals surface area contributed by atoms with E-state index in [0.29, 0.717) is 5.56 Å². The van der Waals surface area contributed by atoms with Crippen molar-refractivity contribution in [2.24, 2.45) is 0 Å². The highest BCUT2D eigenvalue weighted by molar-refractivity contribution is 7.99. The van der Waals surface area contributed by atoms with Crippen molar-refractivity contribution in [2.75, 3.05) is 0 Å². The second kappa shape index (κ2) is 9.62. The Morgan fingerprint density at radius 2 is 1.78 bits per heavy atom. The van der Waals surface area contributed by atoms with Crippen LogP contribution in [-0.2, 0) is 9.53 Å². The summed E-state index contributed by atoms with van der Waals surface area (Å²) in [5.41, 5.74) is 4.45. The van der Waals surface area contributed by atoms with Gasteiger partial charge in [-0.1, -0.05) is 18.2 Å². The molecule has 2 amide bonds. The summed E-state index contributed by atoms with van der Waals surface area (Å²) in [4.78, 5) is 39.7. The molecule has 0 aliphatic carbocycles. The molecule has 1 aromatic carbocycles. The first-order valence-electron chi connectivity index (χ1n) is 7.64. The number of benzene rings is 1. The molecule has 2 rings (SSSR count). The largest absolute Gasteiger partial charge is 0.449 e. The second-order valence-electron chi connectivity index (χ2n) is 5.09. The zero-order valence-electron chi connectivity index (χ0n) is 14.0. The van der Waals surface area contributed by atoms with Crippen molar-refractivity contribution >= 4 is 29.5 Å². The number of hydrogen-bond donors (Lipinski definition) is 2. The number of carbonyl (C=O) groups excluding carboxylic acids is 3. The first kappa shape index (κ1) is 20.3. The molecule has 2 N–H and O–H groups in total. The van der Waals surface area contributed by atoms with Crippen molar-refractivity contribution in [1.82, 2.24) is 15.8 Å². The molecule has 27 heavy (non-hydrogen) atoms. The van der Waals surface area contributed by atoms with E-state index in [1.807, 2.05) is 0 Å². The molecule has 142 valence electrons. The van der Waals surface area contributed by atoms with Gasteiger partial charge in [-0.25, -0.2) is 9.78 Å². The van der Waals surface area contributed by atoms with Crippen LogP contribution in [0.2, 0.25) is 0 Å². The highest BCUT2D eigenvalue weighted by Gasteiger charge is 2.23. The number of hydrogen-bond acceptors (Lipinski definition) is 6. The molecule has 0 bridgehead atoms. The molecule has 0 radical (unpaired) electrons. The lowest BCUT2D eigenvalue weighted by Crippen LogP contribution is -2.46. The molecule has 1 aromatic heterocycles. The number of aromatic nitrogens is 1. The molecule has 7 nitrogen and oxygen atoms in total. The summed E-state index contributed by atoms with van der Waals surface area (Å²) in [5.74, 6) is -5.09. The fraction of sp³-hybridized carbons (Fsp3) is 0.176. The van der Waals surface area contributed by atoms with Crippen LogP contribution >= 0.6 is 11.8 Å². The number of carbonyl (C=O) groups is 3. The van der Waals surface area contributed by atoms with E-state index in [9.17, 15) is 23.2 Å². The quantitative estimate of drug-likeness (QED) is 0.443. The first-order chi connectivity index (χ1) is 12.9. The molecule has 1 atom stereocenters. The van der Waals surface area contributed by atoms with E-state index in [-0.39, 0.29) is 22.4 Å². The fourth-order valence-corrected chi connectivity index (χ4v) is 2.45. The van der Waals surface area contributed by atoms with E-state index in [2.05, 4.69) is 15.8 Å². The molecule has 0 aliphatic heterocycles. The monoisotopic (exact) mass is 395 g/mol. The summed E-state index contributed by atoms with van der Waals surface area (Å²) < 4.78 is 30.0.